The number of hydrogen-bond donors (Lipinski definition) is 15. The minimum Gasteiger partial charge on any atom is -0.508 e. The molecule has 2 aliphatic heterocycles. The lowest BCUT2D eigenvalue weighted by Crippen LogP contribution is -2.60. The van der Waals surface area contributed by atoms with E-state index in [0.717, 1.165) is 0 Å². The molecule has 8 atom stereocenters. The first kappa shape index (κ1) is 61.1. The maximum absolute atomic E-state index is 14.4. The Kier molecular flexibility index (Phi) is 22.1. The molecule has 6 rings (SSSR count). The molecule has 4 aromatic rings. The third-order valence-electron chi connectivity index (χ3n) is 13.6. The zero-order valence-electron chi connectivity index (χ0n) is 44.9. The number of hydrogen-bond acceptors (Lipinski definition) is 14. The number of aromatic amines is 2. The number of imidazole rings is 1. The van der Waals surface area contributed by atoms with Crippen LogP contribution in [0.1, 0.15) is 75.6 Å². The highest BCUT2D eigenvalue weighted by Gasteiger charge is 2.39. The number of amides is 9. The Bertz CT molecular complexity index is 2910. The quantitative estimate of drug-likeness (QED) is 0.0147. The molecule has 436 valence electrons. The third-order valence-corrected chi connectivity index (χ3v) is 13.6. The molecule has 0 saturated carbocycles. The van der Waals surface area contributed by atoms with Crippen LogP contribution in [0.2, 0.25) is 0 Å². The number of aliphatic hydroxyl groups excluding tert-OH is 1. The van der Waals surface area contributed by atoms with Crippen LogP contribution in [0.3, 0.4) is 0 Å². The minimum atomic E-state index is -1.75. The van der Waals surface area contributed by atoms with Crippen molar-refractivity contribution in [2.75, 3.05) is 26.2 Å². The fourth-order valence-corrected chi connectivity index (χ4v) is 9.49. The number of fused-ring (bicyclic) bond motifs is 1. The highest BCUT2D eigenvalue weighted by molar-refractivity contribution is 5.99. The number of aromatic nitrogens is 3. The number of carboxylic acids is 1. The molecule has 28 nitrogen and oxygen atoms in total. The van der Waals surface area contributed by atoms with E-state index in [1.807, 2.05) is 0 Å². The predicted molar refractivity (Wildman–Crippen MR) is 291 cm³/mol. The lowest BCUT2D eigenvalue weighted by molar-refractivity contribution is -0.149. The number of nitrogens with zero attached hydrogens (tertiary/aromatic N) is 3. The summed E-state index contributed by atoms with van der Waals surface area (Å²) in [7, 11) is 0. The molecular formula is C53H71N15O13. The molecule has 0 spiro atoms. The number of aliphatic carboxylic acids is 1. The third kappa shape index (κ3) is 18.0. The van der Waals surface area contributed by atoms with E-state index in [0.29, 0.717) is 34.1 Å². The minimum absolute atomic E-state index is 0.0262. The number of phenols is 1. The van der Waals surface area contributed by atoms with Gasteiger partial charge in [-0.25, -0.2) is 9.78 Å². The second-order valence-corrected chi connectivity index (χ2v) is 20.3. The largest absolute Gasteiger partial charge is 0.508 e. The highest BCUT2D eigenvalue weighted by atomic mass is 16.4. The maximum atomic E-state index is 14.4. The van der Waals surface area contributed by atoms with Crippen molar-refractivity contribution in [1.82, 2.24) is 62.4 Å². The molecule has 2 aromatic heterocycles. The van der Waals surface area contributed by atoms with E-state index in [4.69, 9.17) is 11.5 Å². The number of para-hydroxylation sites is 1. The summed E-state index contributed by atoms with van der Waals surface area (Å²) in [6.45, 7) is 2.09. The van der Waals surface area contributed by atoms with Crippen LogP contribution >= 0.6 is 0 Å². The molecule has 17 N–H and O–H groups in total. The number of phenolic OH excluding ortho intramolecular Hbond substituents is 1. The first-order valence-electron chi connectivity index (χ1n) is 26.6. The number of rotatable bonds is 29. The zero-order valence-corrected chi connectivity index (χ0v) is 44.9. The number of guanidine groups is 1. The SMILES string of the molecule is CC(C)C[C@H](NC(=O)CNC(=O)[C@H](Cc1ccc(O)cc1)NC(=O)[C@H](CO)NC(=O)[C@H](Cc1c[nH]c2ccccc12)NC(=O)[C@H](Cc1cnc[nH]1)NC(=O)[C@@H]1CCC(=O)N1)C(=O)N[C@@H](CCCN=C(N)N)C(=O)N1CCC[C@H]1C(=O)O. The highest BCUT2D eigenvalue weighted by Crippen LogP contribution is 2.22. The molecule has 2 fully saturated rings. The van der Waals surface area contributed by atoms with Crippen LogP contribution in [0.4, 0.5) is 0 Å². The Morgan fingerprint density at radius 2 is 1.43 bits per heavy atom. The number of H-pyrrole nitrogens is 2. The van der Waals surface area contributed by atoms with Gasteiger partial charge >= 0.3 is 5.97 Å². The van der Waals surface area contributed by atoms with Crippen LogP contribution in [-0.4, -0.2) is 175 Å². The number of aliphatic hydroxyl groups is 1. The smallest absolute Gasteiger partial charge is 0.326 e. The summed E-state index contributed by atoms with van der Waals surface area (Å²) in [4.78, 5) is 150. The number of aliphatic imine (C=N–C) groups is 1. The van der Waals surface area contributed by atoms with Gasteiger partial charge in [-0.1, -0.05) is 44.2 Å². The summed E-state index contributed by atoms with van der Waals surface area (Å²) < 4.78 is 0. The number of likely N-dealkylation sites (tertiary alicyclic amines) is 1. The van der Waals surface area contributed by atoms with Gasteiger partial charge in [-0.3, -0.25) is 48.1 Å². The van der Waals surface area contributed by atoms with E-state index in [1.165, 1.54) is 41.7 Å². The first-order valence-corrected chi connectivity index (χ1v) is 26.6. The van der Waals surface area contributed by atoms with E-state index in [2.05, 4.69) is 62.5 Å². The second-order valence-electron chi connectivity index (χ2n) is 20.3. The molecule has 0 radical (unpaired) electrons. The predicted octanol–water partition coefficient (Wildman–Crippen LogP) is -2.90. The summed E-state index contributed by atoms with van der Waals surface area (Å²) in [6.07, 6.45) is 5.25. The lowest BCUT2D eigenvalue weighted by atomic mass is 10.0. The van der Waals surface area contributed by atoms with E-state index in [-0.39, 0.29) is 94.4 Å². The van der Waals surface area contributed by atoms with Crippen LogP contribution in [0.15, 0.2) is 72.2 Å². The molecule has 9 amide bonds. The van der Waals surface area contributed by atoms with Crippen molar-refractivity contribution in [3.8, 4) is 5.75 Å². The number of nitrogens with two attached hydrogens (primary N) is 2. The Morgan fingerprint density at radius 1 is 0.778 bits per heavy atom. The van der Waals surface area contributed by atoms with Crippen LogP contribution < -0.4 is 54.0 Å². The molecule has 0 aliphatic carbocycles. The molecule has 81 heavy (non-hydrogen) atoms. The number of benzene rings is 2. The number of aromatic hydroxyl groups is 1. The van der Waals surface area contributed by atoms with Crippen molar-refractivity contribution < 1.29 is 63.3 Å². The van der Waals surface area contributed by atoms with Gasteiger partial charge in [0.25, 0.3) is 0 Å². The Balaban J connectivity index is 1.16. The second kappa shape index (κ2) is 29.2. The maximum Gasteiger partial charge on any atom is 0.326 e. The van der Waals surface area contributed by atoms with Gasteiger partial charge in [0.05, 0.1) is 19.5 Å². The molecule has 0 unspecified atom stereocenters. The Morgan fingerprint density at radius 3 is 2.07 bits per heavy atom. The van der Waals surface area contributed by atoms with E-state index < -0.39 is 115 Å². The van der Waals surface area contributed by atoms with E-state index >= 15 is 0 Å². The summed E-state index contributed by atoms with van der Waals surface area (Å²) in [5.41, 5.74) is 13.1. The van der Waals surface area contributed by atoms with Gasteiger partial charge in [-0.2, -0.15) is 0 Å². The molecule has 2 aliphatic rings. The van der Waals surface area contributed by atoms with Crippen molar-refractivity contribution in [3.05, 3.63) is 84.1 Å². The van der Waals surface area contributed by atoms with Crippen molar-refractivity contribution in [2.24, 2.45) is 22.4 Å². The fraction of sp³-hybridized carbons (Fsp3) is 0.472. The summed E-state index contributed by atoms with van der Waals surface area (Å²) in [6, 6.07) is 2.33. The van der Waals surface area contributed by atoms with Crippen LogP contribution in [-0.2, 0) is 67.2 Å². The number of carboxylic acid groups (broad SMARTS) is 1. The van der Waals surface area contributed by atoms with Crippen molar-refractivity contribution in [1.29, 1.82) is 0 Å². The first-order chi connectivity index (χ1) is 38.7. The number of carbonyl (C=O) groups is 10. The van der Waals surface area contributed by atoms with Crippen molar-refractivity contribution in [3.63, 3.8) is 0 Å². The van der Waals surface area contributed by atoms with Gasteiger partial charge in [-0.05, 0) is 73.8 Å². The van der Waals surface area contributed by atoms with E-state index in [1.54, 1.807) is 44.3 Å². The monoisotopic (exact) mass is 1130 g/mol. The number of carbonyl (C=O) groups excluding carboxylic acids is 9. The van der Waals surface area contributed by atoms with E-state index in [9.17, 15) is 63.3 Å². The lowest BCUT2D eigenvalue weighted by Gasteiger charge is -2.29. The normalized spacial score (nSPS) is 17.1. The molecule has 4 heterocycles. The Labute approximate surface area is 465 Å². The number of nitrogens with one attached hydrogen (secondary N) is 10. The molecule has 0 bridgehead atoms. The van der Waals surface area contributed by atoms with Gasteiger partial charge in [0.2, 0.25) is 53.2 Å². The molecule has 2 aromatic carbocycles. The van der Waals surface area contributed by atoms with Gasteiger partial charge in [-0.15, -0.1) is 0 Å². The van der Waals surface area contributed by atoms with Crippen LogP contribution in [0.25, 0.3) is 10.9 Å². The summed E-state index contributed by atoms with van der Waals surface area (Å²) in [5, 5.41) is 51.7. The van der Waals surface area contributed by atoms with Gasteiger partial charge in [0, 0.05) is 67.8 Å². The average molecular weight is 1130 g/mol. The topological polar surface area (TPSA) is 440 Å². The van der Waals surface area contributed by atoms with Gasteiger partial charge < -0.3 is 84.2 Å². The molecule has 2 saturated heterocycles. The van der Waals surface area contributed by atoms with Gasteiger partial charge in [0.1, 0.15) is 54.1 Å². The van der Waals surface area contributed by atoms with Crippen molar-refractivity contribution >= 4 is 76.0 Å². The summed E-state index contributed by atoms with van der Waals surface area (Å²) in [5.74, 6) is -8.61. The van der Waals surface area contributed by atoms with Crippen LogP contribution in [0.5, 0.6) is 5.75 Å². The standard InChI is InChI=1S/C53H71N15O13/c1-28(2)19-37(47(75)63-36(9-5-17-57-53(54)55)51(79)68-18-6-10-42(68)52(80)81)62-44(72)25-59-45(73)38(20-29-11-13-32(70)14-12-29)64-50(78)41(26-69)67-48(76)39(21-30-23-58-34-8-4-3-7-33(30)34)65-49(77)40(22-31-24-56-27-60-31)66-46(74)35-15-16-43(71)61-35/h3-4,7-8,11-14,23-24,27-28,35-42,58,69-70H,5-6,9-10,15-22,25-26H2,1-2H3,(H,56,60)(H,59,73)(H,61,71)(H,62,72)(H,63,75)(H,64,78)(H,65,77)(H,66,74)(H,67,76)(H,80,81)(H4,54,55,57)/t35-,36-,37-,38-,39-,40-,41-,42-/m0/s1. The fourth-order valence-electron chi connectivity index (χ4n) is 9.49. The van der Waals surface area contributed by atoms with Crippen LogP contribution in [0, 0.1) is 5.92 Å². The zero-order chi connectivity index (χ0) is 58.8. The average Bonchev–Trinajstić information content (AvgIpc) is 4.35. The van der Waals surface area contributed by atoms with Crippen molar-refractivity contribution in [2.45, 2.75) is 126 Å². The Hall–Kier alpha value is -9.08. The summed E-state index contributed by atoms with van der Waals surface area (Å²) >= 11 is 0. The molecular weight excluding hydrogens is 1050 g/mol. The van der Waals surface area contributed by atoms with Gasteiger partial charge in [0.15, 0.2) is 5.96 Å². The molecule has 28 heteroatoms.